The van der Waals surface area contributed by atoms with Crippen LogP contribution in [-0.4, -0.2) is 23.1 Å². The SMILES string of the molecule is CCCCCCCCCCCC1C(=O)C(=O)CC(=O)C1=O. The minimum absolute atomic E-state index is 0.352. The molecule has 0 aromatic carbocycles. The van der Waals surface area contributed by atoms with Crippen LogP contribution >= 0.6 is 0 Å². The van der Waals surface area contributed by atoms with Gasteiger partial charge in [0, 0.05) is 0 Å². The molecule has 0 unspecified atom stereocenters. The lowest BCUT2D eigenvalue weighted by atomic mass is 9.82. The minimum Gasteiger partial charge on any atom is -0.290 e. The Hall–Kier alpha value is -1.32. The van der Waals surface area contributed by atoms with Crippen LogP contribution in [0.15, 0.2) is 0 Å². The Labute approximate surface area is 126 Å². The van der Waals surface area contributed by atoms with Crippen LogP contribution in [0.4, 0.5) is 0 Å². The summed E-state index contributed by atoms with van der Waals surface area (Å²) >= 11 is 0. The summed E-state index contributed by atoms with van der Waals surface area (Å²) in [6.45, 7) is 2.20. The van der Waals surface area contributed by atoms with Gasteiger partial charge in [-0.25, -0.2) is 0 Å². The molecule has 1 saturated carbocycles. The van der Waals surface area contributed by atoms with Crippen molar-refractivity contribution in [1.82, 2.24) is 0 Å². The molecule has 0 aromatic rings. The van der Waals surface area contributed by atoms with Gasteiger partial charge in [0.2, 0.25) is 23.1 Å². The quantitative estimate of drug-likeness (QED) is 0.352. The Morgan fingerprint density at radius 3 is 1.62 bits per heavy atom. The van der Waals surface area contributed by atoms with E-state index in [-0.39, 0.29) is 0 Å². The predicted molar refractivity (Wildman–Crippen MR) is 80.0 cm³/mol. The van der Waals surface area contributed by atoms with Gasteiger partial charge in [-0.05, 0) is 6.42 Å². The molecule has 1 aliphatic rings. The number of Topliss-reactive ketones (excluding diaryl/α,β-unsaturated/α-hetero) is 4. The number of hydrogen-bond acceptors (Lipinski definition) is 4. The van der Waals surface area contributed by atoms with Crippen molar-refractivity contribution >= 4 is 23.1 Å². The van der Waals surface area contributed by atoms with Gasteiger partial charge in [-0.15, -0.1) is 0 Å². The Bertz CT molecular complexity index is 372. The Morgan fingerprint density at radius 1 is 0.714 bits per heavy atom. The van der Waals surface area contributed by atoms with Gasteiger partial charge in [0.25, 0.3) is 0 Å². The number of unbranched alkanes of at least 4 members (excludes halogenated alkanes) is 8. The van der Waals surface area contributed by atoms with Crippen LogP contribution in [0.3, 0.4) is 0 Å². The van der Waals surface area contributed by atoms with Crippen molar-refractivity contribution in [2.24, 2.45) is 5.92 Å². The molecule has 0 atom stereocenters. The maximum Gasteiger partial charge on any atom is 0.209 e. The molecule has 118 valence electrons. The van der Waals surface area contributed by atoms with Crippen LogP contribution in [0, 0.1) is 5.92 Å². The third-order valence-electron chi connectivity index (χ3n) is 4.10. The average Bonchev–Trinajstić information content (AvgIpc) is 2.46. The highest BCUT2D eigenvalue weighted by Gasteiger charge is 2.40. The molecule has 0 aliphatic heterocycles. The van der Waals surface area contributed by atoms with Crippen molar-refractivity contribution in [3.8, 4) is 0 Å². The molecule has 1 rings (SSSR count). The molecule has 0 radical (unpaired) electrons. The highest BCUT2D eigenvalue weighted by molar-refractivity contribution is 6.59. The standard InChI is InChI=1S/C17H26O4/c1-2-3-4-5-6-7-8-9-10-11-13-16(20)14(18)12-15(19)17(13)21/h13H,2-12H2,1H3. The van der Waals surface area contributed by atoms with Gasteiger partial charge in [0.15, 0.2) is 0 Å². The number of carbonyl (C=O) groups is 4. The van der Waals surface area contributed by atoms with Gasteiger partial charge in [-0.1, -0.05) is 64.7 Å². The molecule has 0 spiro atoms. The van der Waals surface area contributed by atoms with Crippen LogP contribution in [-0.2, 0) is 19.2 Å². The van der Waals surface area contributed by atoms with E-state index in [0.29, 0.717) is 6.42 Å². The summed E-state index contributed by atoms with van der Waals surface area (Å²) in [7, 11) is 0. The minimum atomic E-state index is -0.983. The fraction of sp³-hybridized carbons (Fsp3) is 0.765. The van der Waals surface area contributed by atoms with Crippen molar-refractivity contribution in [2.45, 2.75) is 77.6 Å². The second-order valence-corrected chi connectivity index (χ2v) is 5.92. The highest BCUT2D eigenvalue weighted by atomic mass is 16.2. The summed E-state index contributed by atoms with van der Waals surface area (Å²) in [5.74, 6) is -3.68. The monoisotopic (exact) mass is 294 g/mol. The lowest BCUT2D eigenvalue weighted by Crippen LogP contribution is -2.41. The molecule has 1 aliphatic carbocycles. The van der Waals surface area contributed by atoms with E-state index in [1.54, 1.807) is 0 Å². The first kappa shape index (κ1) is 17.7. The summed E-state index contributed by atoms with van der Waals surface area (Å²) in [4.78, 5) is 45.8. The molecule has 0 aromatic heterocycles. The summed E-state index contributed by atoms with van der Waals surface area (Å²) in [6, 6.07) is 0. The van der Waals surface area contributed by atoms with E-state index in [0.717, 1.165) is 19.3 Å². The molecule has 0 N–H and O–H groups in total. The van der Waals surface area contributed by atoms with Gasteiger partial charge in [-0.2, -0.15) is 0 Å². The number of ketones is 4. The second kappa shape index (κ2) is 9.59. The van der Waals surface area contributed by atoms with Crippen LogP contribution in [0.1, 0.15) is 77.6 Å². The molecular weight excluding hydrogens is 268 g/mol. The van der Waals surface area contributed by atoms with Gasteiger partial charge < -0.3 is 0 Å². The molecule has 0 saturated heterocycles. The second-order valence-electron chi connectivity index (χ2n) is 5.92. The maximum absolute atomic E-state index is 11.6. The third kappa shape index (κ3) is 5.90. The Balaban J connectivity index is 2.14. The lowest BCUT2D eigenvalue weighted by Gasteiger charge is -2.17. The van der Waals surface area contributed by atoms with Crippen molar-refractivity contribution < 1.29 is 19.2 Å². The smallest absolute Gasteiger partial charge is 0.209 e. The van der Waals surface area contributed by atoms with Gasteiger partial charge in [0.05, 0.1) is 12.3 Å². The first-order chi connectivity index (χ1) is 10.1. The molecular formula is C17H26O4. The van der Waals surface area contributed by atoms with Crippen molar-refractivity contribution in [3.63, 3.8) is 0 Å². The summed E-state index contributed by atoms with van der Waals surface area (Å²) < 4.78 is 0. The molecule has 0 heterocycles. The predicted octanol–water partition coefficient (Wildman–Crippen LogP) is 3.20. The fourth-order valence-corrected chi connectivity index (χ4v) is 2.75. The largest absolute Gasteiger partial charge is 0.290 e. The molecule has 4 nitrogen and oxygen atoms in total. The van der Waals surface area contributed by atoms with E-state index >= 15 is 0 Å². The Morgan fingerprint density at radius 2 is 1.14 bits per heavy atom. The van der Waals surface area contributed by atoms with Crippen LogP contribution in [0.5, 0.6) is 0 Å². The molecule has 4 heteroatoms. The highest BCUT2D eigenvalue weighted by Crippen LogP contribution is 2.20. The van der Waals surface area contributed by atoms with E-state index in [2.05, 4.69) is 6.92 Å². The molecule has 0 amide bonds. The molecule has 0 bridgehead atoms. The zero-order chi connectivity index (χ0) is 15.7. The van der Waals surface area contributed by atoms with E-state index in [9.17, 15) is 19.2 Å². The third-order valence-corrected chi connectivity index (χ3v) is 4.10. The van der Waals surface area contributed by atoms with Crippen LogP contribution < -0.4 is 0 Å². The summed E-state index contributed by atoms with van der Waals surface area (Å²) in [6.07, 6.45) is 10.1. The van der Waals surface area contributed by atoms with E-state index in [1.165, 1.54) is 38.5 Å². The van der Waals surface area contributed by atoms with Crippen molar-refractivity contribution in [3.05, 3.63) is 0 Å². The number of hydrogen-bond donors (Lipinski definition) is 0. The van der Waals surface area contributed by atoms with Crippen LogP contribution in [0.25, 0.3) is 0 Å². The summed E-state index contributed by atoms with van der Waals surface area (Å²) in [5, 5.41) is 0. The average molecular weight is 294 g/mol. The Kier molecular flexibility index (Phi) is 8.09. The van der Waals surface area contributed by atoms with E-state index in [1.807, 2.05) is 0 Å². The van der Waals surface area contributed by atoms with E-state index in [4.69, 9.17) is 0 Å². The molecule has 1 fully saturated rings. The summed E-state index contributed by atoms with van der Waals surface area (Å²) in [5.41, 5.74) is 0. The normalized spacial score (nSPS) is 16.8. The van der Waals surface area contributed by atoms with Gasteiger partial charge >= 0.3 is 0 Å². The fourth-order valence-electron chi connectivity index (χ4n) is 2.75. The molecule has 21 heavy (non-hydrogen) atoms. The van der Waals surface area contributed by atoms with Crippen molar-refractivity contribution in [1.29, 1.82) is 0 Å². The van der Waals surface area contributed by atoms with Gasteiger partial charge in [-0.3, -0.25) is 19.2 Å². The number of carbonyl (C=O) groups excluding carboxylic acids is 4. The maximum atomic E-state index is 11.6. The van der Waals surface area contributed by atoms with Gasteiger partial charge in [0.1, 0.15) is 0 Å². The van der Waals surface area contributed by atoms with Crippen LogP contribution in [0.2, 0.25) is 0 Å². The topological polar surface area (TPSA) is 68.3 Å². The first-order valence-electron chi connectivity index (χ1n) is 8.22. The lowest BCUT2D eigenvalue weighted by molar-refractivity contribution is -0.152. The first-order valence-corrected chi connectivity index (χ1v) is 8.22. The zero-order valence-corrected chi connectivity index (χ0v) is 13.0. The zero-order valence-electron chi connectivity index (χ0n) is 13.0. The van der Waals surface area contributed by atoms with E-state index < -0.39 is 35.5 Å². The number of rotatable bonds is 10. The van der Waals surface area contributed by atoms with Crippen molar-refractivity contribution in [2.75, 3.05) is 0 Å².